The average molecular weight is 299 g/mol. The summed E-state index contributed by atoms with van der Waals surface area (Å²) in [5.74, 6) is 1.38. The lowest BCUT2D eigenvalue weighted by atomic mass is 10.1. The van der Waals surface area contributed by atoms with Crippen molar-refractivity contribution in [1.29, 1.82) is 0 Å². The quantitative estimate of drug-likeness (QED) is 0.805. The van der Waals surface area contributed by atoms with Crippen LogP contribution in [0.25, 0.3) is 22.3 Å². The van der Waals surface area contributed by atoms with E-state index in [1.54, 1.807) is 32.0 Å². The van der Waals surface area contributed by atoms with Crippen LogP contribution in [-0.2, 0) is 7.05 Å². The molecule has 3 aromatic rings. The summed E-state index contributed by atoms with van der Waals surface area (Å²) >= 11 is 0. The summed E-state index contributed by atoms with van der Waals surface area (Å²) < 4.78 is 12.3. The number of methoxy groups -OCH3 is 2. The largest absolute Gasteiger partial charge is 0.497 e. The fourth-order valence-electron chi connectivity index (χ4n) is 2.61. The fraction of sp³-hybridized carbons (Fsp3) is 0.250. The first-order chi connectivity index (χ1) is 10.5. The van der Waals surface area contributed by atoms with Gasteiger partial charge in [0.2, 0.25) is 5.56 Å². The number of rotatable bonds is 3. The van der Waals surface area contributed by atoms with Crippen molar-refractivity contribution >= 4 is 11.0 Å². The van der Waals surface area contributed by atoms with Gasteiger partial charge in [0.15, 0.2) is 0 Å². The van der Waals surface area contributed by atoms with E-state index in [-0.39, 0.29) is 5.56 Å². The molecule has 0 aliphatic carbocycles. The molecular weight excluding hydrogens is 282 g/mol. The van der Waals surface area contributed by atoms with E-state index in [2.05, 4.69) is 10.1 Å². The van der Waals surface area contributed by atoms with Gasteiger partial charge < -0.3 is 14.5 Å². The molecule has 6 heteroatoms. The standard InChI is InChI=1S/C16H17N3O3/c1-9-5-13(20)17-16-14(9)15(18-19(16)2)10-6-11(21-3)8-12(7-10)22-4/h5-8H,1-4H3,(H,17,20). The third kappa shape index (κ3) is 2.22. The Kier molecular flexibility index (Phi) is 3.36. The molecule has 2 heterocycles. The van der Waals surface area contributed by atoms with Crippen LogP contribution in [0.15, 0.2) is 29.1 Å². The first kappa shape index (κ1) is 14.2. The van der Waals surface area contributed by atoms with E-state index in [9.17, 15) is 4.79 Å². The zero-order chi connectivity index (χ0) is 15.9. The molecule has 0 aliphatic rings. The predicted octanol–water partition coefficient (Wildman–Crippen LogP) is 2.25. The summed E-state index contributed by atoms with van der Waals surface area (Å²) in [6.45, 7) is 1.90. The summed E-state index contributed by atoms with van der Waals surface area (Å²) in [6.07, 6.45) is 0. The summed E-state index contributed by atoms with van der Waals surface area (Å²) in [7, 11) is 5.02. The lowest BCUT2D eigenvalue weighted by molar-refractivity contribution is 0.394. The van der Waals surface area contributed by atoms with Gasteiger partial charge in [0.05, 0.1) is 14.2 Å². The van der Waals surface area contributed by atoms with Crippen molar-refractivity contribution in [2.45, 2.75) is 6.92 Å². The lowest BCUT2D eigenvalue weighted by Crippen LogP contribution is -2.06. The van der Waals surface area contributed by atoms with Gasteiger partial charge in [-0.25, -0.2) is 0 Å². The van der Waals surface area contributed by atoms with Gasteiger partial charge in [0.25, 0.3) is 0 Å². The molecule has 0 saturated heterocycles. The Morgan fingerprint density at radius 2 is 1.73 bits per heavy atom. The summed E-state index contributed by atoms with van der Waals surface area (Å²) in [6, 6.07) is 7.18. The first-order valence-corrected chi connectivity index (χ1v) is 6.83. The third-order valence-electron chi connectivity index (χ3n) is 3.66. The number of hydrogen-bond acceptors (Lipinski definition) is 4. The molecule has 0 atom stereocenters. The van der Waals surface area contributed by atoms with Gasteiger partial charge in [0.1, 0.15) is 22.8 Å². The van der Waals surface area contributed by atoms with Gasteiger partial charge in [-0.15, -0.1) is 0 Å². The number of pyridine rings is 1. The van der Waals surface area contributed by atoms with Gasteiger partial charge in [0, 0.05) is 30.1 Å². The van der Waals surface area contributed by atoms with Gasteiger partial charge >= 0.3 is 0 Å². The van der Waals surface area contributed by atoms with Crippen LogP contribution in [0.1, 0.15) is 5.56 Å². The molecule has 0 bridgehead atoms. The second kappa shape index (κ2) is 5.22. The molecule has 0 spiro atoms. The van der Waals surface area contributed by atoms with E-state index in [0.29, 0.717) is 17.1 Å². The Bertz CT molecular complexity index is 887. The van der Waals surface area contributed by atoms with Gasteiger partial charge in [-0.1, -0.05) is 0 Å². The number of nitrogens with zero attached hydrogens (tertiary/aromatic N) is 2. The number of nitrogens with one attached hydrogen (secondary N) is 1. The van der Waals surface area contributed by atoms with E-state index in [0.717, 1.165) is 22.2 Å². The highest BCUT2D eigenvalue weighted by Crippen LogP contribution is 2.33. The summed E-state index contributed by atoms with van der Waals surface area (Å²) in [4.78, 5) is 14.5. The zero-order valence-electron chi connectivity index (χ0n) is 12.9. The van der Waals surface area contributed by atoms with Gasteiger partial charge in [-0.2, -0.15) is 5.10 Å². The highest BCUT2D eigenvalue weighted by molar-refractivity contribution is 5.94. The molecule has 0 saturated carbocycles. The topological polar surface area (TPSA) is 69.1 Å². The van der Waals surface area contributed by atoms with Gasteiger partial charge in [-0.3, -0.25) is 9.48 Å². The Balaban J connectivity index is 2.33. The lowest BCUT2D eigenvalue weighted by Gasteiger charge is -2.07. The van der Waals surface area contributed by atoms with Crippen molar-refractivity contribution in [3.05, 3.63) is 40.2 Å². The minimum Gasteiger partial charge on any atom is -0.497 e. The molecule has 6 nitrogen and oxygen atoms in total. The second-order valence-corrected chi connectivity index (χ2v) is 5.11. The van der Waals surface area contributed by atoms with Crippen molar-refractivity contribution in [2.24, 2.45) is 7.05 Å². The third-order valence-corrected chi connectivity index (χ3v) is 3.66. The molecule has 0 amide bonds. The molecular formula is C16H17N3O3. The second-order valence-electron chi connectivity index (χ2n) is 5.11. The Labute approximate surface area is 127 Å². The molecule has 3 rings (SSSR count). The van der Waals surface area contributed by atoms with E-state index in [1.165, 1.54) is 0 Å². The average Bonchev–Trinajstić information content (AvgIpc) is 2.84. The number of H-pyrrole nitrogens is 1. The summed E-state index contributed by atoms with van der Waals surface area (Å²) in [5.41, 5.74) is 3.09. The molecule has 0 radical (unpaired) electrons. The minimum atomic E-state index is -0.136. The number of hydrogen-bond donors (Lipinski definition) is 1. The highest BCUT2D eigenvalue weighted by atomic mass is 16.5. The number of aryl methyl sites for hydroxylation is 2. The molecule has 114 valence electrons. The number of aromatic amines is 1. The number of benzene rings is 1. The number of aromatic nitrogens is 3. The van der Waals surface area contributed by atoms with Crippen molar-refractivity contribution in [2.75, 3.05) is 14.2 Å². The Hall–Kier alpha value is -2.76. The van der Waals surface area contributed by atoms with E-state index in [4.69, 9.17) is 9.47 Å². The SMILES string of the molecule is COc1cc(OC)cc(-c2nn(C)c3[nH]c(=O)cc(C)c23)c1. The van der Waals surface area contributed by atoms with Crippen molar-refractivity contribution < 1.29 is 9.47 Å². The van der Waals surface area contributed by atoms with Crippen molar-refractivity contribution in [3.8, 4) is 22.8 Å². The maximum atomic E-state index is 11.7. The van der Waals surface area contributed by atoms with E-state index < -0.39 is 0 Å². The molecule has 1 N–H and O–H groups in total. The molecule has 2 aromatic heterocycles. The zero-order valence-corrected chi connectivity index (χ0v) is 12.9. The maximum Gasteiger partial charge on any atom is 0.249 e. The van der Waals surface area contributed by atoms with Crippen LogP contribution in [0.2, 0.25) is 0 Å². The summed E-state index contributed by atoms with van der Waals surface area (Å²) in [5, 5.41) is 5.46. The van der Waals surface area contributed by atoms with E-state index >= 15 is 0 Å². The molecule has 22 heavy (non-hydrogen) atoms. The van der Waals surface area contributed by atoms with Crippen LogP contribution in [-0.4, -0.2) is 29.0 Å². The normalized spacial score (nSPS) is 10.9. The Morgan fingerprint density at radius 1 is 1.09 bits per heavy atom. The van der Waals surface area contributed by atoms with E-state index in [1.807, 2.05) is 25.1 Å². The van der Waals surface area contributed by atoms with Gasteiger partial charge in [-0.05, 0) is 24.6 Å². The number of fused-ring (bicyclic) bond motifs is 1. The molecule has 0 aliphatic heterocycles. The smallest absolute Gasteiger partial charge is 0.249 e. The fourth-order valence-corrected chi connectivity index (χ4v) is 2.61. The highest BCUT2D eigenvalue weighted by Gasteiger charge is 2.15. The minimum absolute atomic E-state index is 0.136. The molecule has 0 unspecified atom stereocenters. The Morgan fingerprint density at radius 3 is 2.32 bits per heavy atom. The molecule has 0 fully saturated rings. The van der Waals surface area contributed by atoms with Crippen molar-refractivity contribution in [1.82, 2.24) is 14.8 Å². The maximum absolute atomic E-state index is 11.7. The van der Waals surface area contributed by atoms with Crippen LogP contribution in [0.4, 0.5) is 0 Å². The van der Waals surface area contributed by atoms with Crippen LogP contribution in [0.3, 0.4) is 0 Å². The van der Waals surface area contributed by atoms with Crippen LogP contribution in [0.5, 0.6) is 11.5 Å². The van der Waals surface area contributed by atoms with Crippen LogP contribution >= 0.6 is 0 Å². The predicted molar refractivity (Wildman–Crippen MR) is 84.6 cm³/mol. The van der Waals surface area contributed by atoms with Crippen LogP contribution < -0.4 is 15.0 Å². The number of ether oxygens (including phenoxy) is 2. The van der Waals surface area contributed by atoms with Crippen molar-refractivity contribution in [3.63, 3.8) is 0 Å². The molecule has 1 aromatic carbocycles. The van der Waals surface area contributed by atoms with Crippen LogP contribution in [0, 0.1) is 6.92 Å². The monoisotopic (exact) mass is 299 g/mol. The first-order valence-electron chi connectivity index (χ1n) is 6.83.